The predicted molar refractivity (Wildman–Crippen MR) is 209 cm³/mol. The van der Waals surface area contributed by atoms with Crippen LogP contribution in [0.3, 0.4) is 0 Å². The third kappa shape index (κ3) is 4.90. The van der Waals surface area contributed by atoms with Gasteiger partial charge in [-0.05, 0) is 172 Å². The molecule has 260 valence electrons. The molecule has 0 aromatic heterocycles. The normalized spacial score (nSPS) is 37.3. The monoisotopic (exact) mass is 671 g/mol. The number of anilines is 1. The van der Waals surface area contributed by atoms with Crippen LogP contribution >= 0.6 is 0 Å². The van der Waals surface area contributed by atoms with Crippen LogP contribution in [0.2, 0.25) is 0 Å². The highest BCUT2D eigenvalue weighted by atomic mass is 15.3. The lowest BCUT2D eigenvalue weighted by Gasteiger charge is -2.57. The van der Waals surface area contributed by atoms with Crippen molar-refractivity contribution in [3.63, 3.8) is 0 Å². The molecule has 0 amide bonds. The molecule has 2 heteroatoms. The van der Waals surface area contributed by atoms with Gasteiger partial charge in [0, 0.05) is 11.1 Å². The summed E-state index contributed by atoms with van der Waals surface area (Å²) >= 11 is 0. The zero-order chi connectivity index (χ0) is 33.9. The van der Waals surface area contributed by atoms with E-state index in [1.807, 2.05) is 0 Å². The summed E-state index contributed by atoms with van der Waals surface area (Å²) in [5.41, 5.74) is 12.3. The van der Waals surface area contributed by atoms with E-state index >= 15 is 0 Å². The van der Waals surface area contributed by atoms with E-state index in [1.54, 1.807) is 11.1 Å². The summed E-state index contributed by atoms with van der Waals surface area (Å²) in [5.74, 6) is 5.66. The molecule has 2 nitrogen and oxygen atoms in total. The molecule has 9 aliphatic rings. The molecule has 8 aliphatic carbocycles. The van der Waals surface area contributed by atoms with E-state index in [1.165, 1.54) is 111 Å². The minimum absolute atomic E-state index is 0.154. The molecule has 8 bridgehead atoms. The first-order chi connectivity index (χ1) is 24.9. The van der Waals surface area contributed by atoms with E-state index in [0.717, 1.165) is 35.5 Å². The second kappa shape index (κ2) is 11.4. The van der Waals surface area contributed by atoms with Gasteiger partial charge in [0.15, 0.2) is 12.1 Å². The second-order valence-electron chi connectivity index (χ2n) is 19.0. The van der Waals surface area contributed by atoms with Gasteiger partial charge < -0.3 is 0 Å². The van der Waals surface area contributed by atoms with Gasteiger partial charge in [-0.25, -0.2) is 9.48 Å². The summed E-state index contributed by atoms with van der Waals surface area (Å²) in [4.78, 5) is 2.70. The Morgan fingerprint density at radius 3 is 1.47 bits per heavy atom. The van der Waals surface area contributed by atoms with Crippen LogP contribution in [-0.4, -0.2) is 10.9 Å². The van der Waals surface area contributed by atoms with Gasteiger partial charge >= 0.3 is 0 Å². The molecule has 4 aromatic carbocycles. The first-order valence-electron chi connectivity index (χ1n) is 20.7. The average molecular weight is 672 g/mol. The molecule has 0 spiro atoms. The predicted octanol–water partition coefficient (Wildman–Crippen LogP) is 11.9. The maximum atomic E-state index is 2.70. The second-order valence-corrected chi connectivity index (χ2v) is 19.0. The summed E-state index contributed by atoms with van der Waals surface area (Å²) in [5, 5.41) is 0. The van der Waals surface area contributed by atoms with Crippen molar-refractivity contribution in [2.24, 2.45) is 35.5 Å². The van der Waals surface area contributed by atoms with Crippen molar-refractivity contribution >= 4 is 17.7 Å². The van der Waals surface area contributed by atoms with Crippen molar-refractivity contribution in [2.45, 2.75) is 114 Å². The summed E-state index contributed by atoms with van der Waals surface area (Å²) in [6.07, 6.45) is 19.9. The van der Waals surface area contributed by atoms with Crippen molar-refractivity contribution < 1.29 is 4.58 Å². The first kappa shape index (κ1) is 30.9. The lowest BCUT2D eigenvalue weighted by Crippen LogP contribution is -2.48. The van der Waals surface area contributed by atoms with Crippen LogP contribution in [-0.2, 0) is 10.8 Å². The van der Waals surface area contributed by atoms with Crippen LogP contribution in [0.5, 0.6) is 0 Å². The van der Waals surface area contributed by atoms with Crippen molar-refractivity contribution in [1.82, 2.24) is 0 Å². The topological polar surface area (TPSA) is 6.25 Å². The highest BCUT2D eigenvalue weighted by Gasteiger charge is 2.54. The van der Waals surface area contributed by atoms with Crippen LogP contribution in [0.4, 0.5) is 11.4 Å². The van der Waals surface area contributed by atoms with Gasteiger partial charge in [0.2, 0.25) is 6.34 Å². The van der Waals surface area contributed by atoms with E-state index in [-0.39, 0.29) is 12.1 Å². The number of hydrogen-bond donors (Lipinski definition) is 0. The lowest BCUT2D eigenvalue weighted by molar-refractivity contribution is -0.481. The van der Waals surface area contributed by atoms with Gasteiger partial charge in [0.25, 0.3) is 0 Å². The van der Waals surface area contributed by atoms with Crippen LogP contribution in [0.1, 0.15) is 123 Å². The number of benzene rings is 4. The van der Waals surface area contributed by atoms with Crippen LogP contribution in [0, 0.1) is 49.4 Å². The first-order valence-corrected chi connectivity index (χ1v) is 20.7. The molecule has 13 rings (SSSR count). The number of nitrogens with zero attached hydrogens (tertiary/aromatic N) is 2. The Morgan fingerprint density at radius 1 is 0.510 bits per heavy atom. The van der Waals surface area contributed by atoms with Gasteiger partial charge in [-0.1, -0.05) is 84.9 Å². The Balaban J connectivity index is 1.08. The quantitative estimate of drug-likeness (QED) is 0.185. The maximum Gasteiger partial charge on any atom is 0.245 e. The van der Waals surface area contributed by atoms with Crippen LogP contribution in [0.15, 0.2) is 97.1 Å². The highest BCUT2D eigenvalue weighted by Crippen LogP contribution is 2.63. The Labute approximate surface area is 306 Å². The zero-order valence-corrected chi connectivity index (χ0v) is 30.8. The van der Waals surface area contributed by atoms with Gasteiger partial charge in [0.05, 0.1) is 0 Å². The third-order valence-electron chi connectivity index (χ3n) is 15.7. The van der Waals surface area contributed by atoms with E-state index in [0.29, 0.717) is 10.8 Å². The Hall–Kier alpha value is -3.65. The average Bonchev–Trinajstić information content (AvgIpc) is 3.52. The SMILES string of the molecule is Cc1ccc(C23CC4CC(CC(C4)C2)C3)cc1N1C=[N+](c2cc(C34CC5CC(CC(C5)C3)C4)ccc2C)[C@H](c2ccccc2)[C@H]1c1ccccc1. The van der Waals surface area contributed by atoms with Crippen molar-refractivity contribution in [1.29, 1.82) is 0 Å². The summed E-state index contributed by atoms with van der Waals surface area (Å²) < 4.78 is 2.70. The lowest BCUT2D eigenvalue weighted by atomic mass is 9.48. The van der Waals surface area contributed by atoms with Gasteiger partial charge in [-0.3, -0.25) is 0 Å². The molecule has 2 atom stereocenters. The van der Waals surface area contributed by atoms with E-state index < -0.39 is 0 Å². The molecule has 51 heavy (non-hydrogen) atoms. The minimum Gasteiger partial charge on any atom is -0.222 e. The van der Waals surface area contributed by atoms with E-state index in [2.05, 4.69) is 127 Å². The molecule has 4 aromatic rings. The number of rotatable bonds is 6. The smallest absolute Gasteiger partial charge is 0.222 e. The fraction of sp³-hybridized carbons (Fsp3) is 0.490. The zero-order valence-electron chi connectivity index (χ0n) is 30.8. The van der Waals surface area contributed by atoms with Crippen molar-refractivity contribution in [3.05, 3.63) is 130 Å². The molecular weight excluding hydrogens is 617 g/mol. The summed E-state index contributed by atoms with van der Waals surface area (Å²) in [6, 6.07) is 38.5. The molecule has 8 saturated carbocycles. The fourth-order valence-corrected chi connectivity index (χ4v) is 14.4. The van der Waals surface area contributed by atoms with Crippen LogP contribution in [0.25, 0.3) is 0 Å². The fourth-order valence-electron chi connectivity index (χ4n) is 14.4. The standard InChI is InChI=1S/C49H55N2/c1-32-13-15-42(48-25-34-17-35(26-48)19-36(18-34)27-48)23-44(32)50-31-51(47(41-11-7-4-8-12-41)46(50)40-9-5-3-6-10-40)45-24-43(16-14-33(45)2)49-28-37-20-38(29-49)22-39(21-37)30-49/h3-16,23-24,31,34-39,46-47H,17-22,25-30H2,1-2H3/q+1/t34?,35?,36?,37?,38?,39?,46-,47-,48?,49?/m1/s1. The third-order valence-corrected chi connectivity index (χ3v) is 15.7. The molecule has 8 fully saturated rings. The van der Waals surface area contributed by atoms with Crippen LogP contribution < -0.4 is 4.90 Å². The molecule has 1 aliphatic heterocycles. The van der Waals surface area contributed by atoms with E-state index in [9.17, 15) is 0 Å². The molecule has 0 N–H and O–H groups in total. The molecule has 0 radical (unpaired) electrons. The molecule has 1 heterocycles. The minimum atomic E-state index is 0.154. The molecule has 0 saturated heterocycles. The Kier molecular flexibility index (Phi) is 6.93. The summed E-state index contributed by atoms with van der Waals surface area (Å²) in [7, 11) is 0. The summed E-state index contributed by atoms with van der Waals surface area (Å²) in [6.45, 7) is 4.71. The maximum absolute atomic E-state index is 2.70. The van der Waals surface area contributed by atoms with Crippen molar-refractivity contribution in [3.8, 4) is 0 Å². The van der Waals surface area contributed by atoms with E-state index in [4.69, 9.17) is 0 Å². The van der Waals surface area contributed by atoms with Crippen molar-refractivity contribution in [2.75, 3.05) is 4.90 Å². The Morgan fingerprint density at radius 2 is 0.961 bits per heavy atom. The molecule has 0 unspecified atom stereocenters. The number of aryl methyl sites for hydroxylation is 2. The number of hydrogen-bond acceptors (Lipinski definition) is 1. The Bertz CT molecular complexity index is 1930. The van der Waals surface area contributed by atoms with Gasteiger partial charge in [0.1, 0.15) is 11.4 Å². The van der Waals surface area contributed by atoms with Gasteiger partial charge in [-0.2, -0.15) is 0 Å². The van der Waals surface area contributed by atoms with Gasteiger partial charge in [-0.15, -0.1) is 0 Å². The molecular formula is C49H55N2+. The highest BCUT2D eigenvalue weighted by molar-refractivity contribution is 5.82. The largest absolute Gasteiger partial charge is 0.245 e.